The summed E-state index contributed by atoms with van der Waals surface area (Å²) in [6, 6.07) is 3.40. The molecule has 0 radical (unpaired) electrons. The number of furan rings is 1. The van der Waals surface area contributed by atoms with Gasteiger partial charge in [-0.25, -0.2) is 0 Å². The molecule has 0 saturated carbocycles. The zero-order chi connectivity index (χ0) is 10.7. The number of aromatic nitrogens is 2. The van der Waals surface area contributed by atoms with Gasteiger partial charge in [-0.3, -0.25) is 0 Å². The van der Waals surface area contributed by atoms with E-state index in [-0.39, 0.29) is 18.3 Å². The molecule has 2 aromatic rings. The van der Waals surface area contributed by atoms with Crippen LogP contribution in [0.15, 0.2) is 30.8 Å². The number of rotatable bonds is 3. The van der Waals surface area contributed by atoms with Gasteiger partial charge in [-0.05, 0) is 33.6 Å². The topological polar surface area (TPSA) is 101 Å². The average Bonchev–Trinajstić information content (AvgIpc) is 2.83. The SMILES string of the molecule is [N-]=[N+]=NCc1nnc(-c2ccc(Br)o2)o1. The van der Waals surface area contributed by atoms with E-state index in [1.54, 1.807) is 12.1 Å². The molecular weight excluding hydrogens is 266 g/mol. The van der Waals surface area contributed by atoms with Crippen molar-refractivity contribution in [2.45, 2.75) is 6.54 Å². The van der Waals surface area contributed by atoms with Crippen LogP contribution >= 0.6 is 15.9 Å². The van der Waals surface area contributed by atoms with Gasteiger partial charge in [-0.15, -0.1) is 10.2 Å². The molecule has 76 valence electrons. The Hall–Kier alpha value is -1.79. The van der Waals surface area contributed by atoms with Crippen LogP contribution in [0.25, 0.3) is 22.1 Å². The summed E-state index contributed by atoms with van der Waals surface area (Å²) < 4.78 is 11.0. The normalized spacial score (nSPS) is 9.93. The summed E-state index contributed by atoms with van der Waals surface area (Å²) >= 11 is 3.16. The van der Waals surface area contributed by atoms with Gasteiger partial charge in [0.05, 0.1) is 0 Å². The maximum absolute atomic E-state index is 8.10. The maximum atomic E-state index is 8.10. The third-order valence-corrected chi connectivity index (χ3v) is 1.95. The Kier molecular flexibility index (Phi) is 2.70. The zero-order valence-corrected chi connectivity index (χ0v) is 8.88. The van der Waals surface area contributed by atoms with E-state index in [4.69, 9.17) is 14.4 Å². The number of nitrogens with zero attached hydrogens (tertiary/aromatic N) is 5. The van der Waals surface area contributed by atoms with Crippen molar-refractivity contribution in [2.75, 3.05) is 0 Å². The molecule has 0 atom stereocenters. The molecule has 0 amide bonds. The van der Waals surface area contributed by atoms with E-state index in [1.165, 1.54) is 0 Å². The molecule has 7 nitrogen and oxygen atoms in total. The van der Waals surface area contributed by atoms with Crippen molar-refractivity contribution in [3.63, 3.8) is 0 Å². The highest BCUT2D eigenvalue weighted by Gasteiger charge is 2.11. The lowest BCUT2D eigenvalue weighted by atomic mass is 10.5. The molecular formula is C7H4BrN5O2. The average molecular weight is 270 g/mol. The van der Waals surface area contributed by atoms with Crippen LogP contribution in [0.3, 0.4) is 0 Å². The molecule has 0 aromatic carbocycles. The minimum Gasteiger partial charge on any atom is -0.444 e. The lowest BCUT2D eigenvalue weighted by molar-refractivity contribution is 0.475. The fourth-order valence-corrected chi connectivity index (χ4v) is 1.24. The van der Waals surface area contributed by atoms with E-state index in [1.807, 2.05) is 0 Å². The van der Waals surface area contributed by atoms with E-state index in [0.717, 1.165) is 0 Å². The molecule has 0 aliphatic rings. The molecule has 15 heavy (non-hydrogen) atoms. The minimum absolute atomic E-state index is 0.0331. The summed E-state index contributed by atoms with van der Waals surface area (Å²) in [5, 5.41) is 10.7. The molecule has 2 aromatic heterocycles. The number of hydrogen-bond donors (Lipinski definition) is 0. The first-order chi connectivity index (χ1) is 7.29. The van der Waals surface area contributed by atoms with E-state index in [2.05, 4.69) is 36.2 Å². The second kappa shape index (κ2) is 4.16. The second-order valence-electron chi connectivity index (χ2n) is 2.49. The molecule has 0 unspecified atom stereocenters. The van der Waals surface area contributed by atoms with Crippen molar-refractivity contribution in [1.29, 1.82) is 0 Å². The summed E-state index contributed by atoms with van der Waals surface area (Å²) in [4.78, 5) is 2.58. The largest absolute Gasteiger partial charge is 0.444 e. The molecule has 0 saturated heterocycles. The van der Waals surface area contributed by atoms with Gasteiger partial charge in [-0.1, -0.05) is 5.11 Å². The summed E-state index contributed by atoms with van der Waals surface area (Å²) in [5.74, 6) is 0.959. The van der Waals surface area contributed by atoms with Crippen molar-refractivity contribution in [2.24, 2.45) is 5.11 Å². The molecule has 0 aliphatic carbocycles. The van der Waals surface area contributed by atoms with Gasteiger partial charge in [-0.2, -0.15) is 0 Å². The summed E-state index contributed by atoms with van der Waals surface area (Å²) in [6.07, 6.45) is 0. The first-order valence-electron chi connectivity index (χ1n) is 3.88. The van der Waals surface area contributed by atoms with Crippen molar-refractivity contribution in [3.05, 3.63) is 33.1 Å². The maximum Gasteiger partial charge on any atom is 0.283 e. The third-order valence-electron chi connectivity index (χ3n) is 1.52. The van der Waals surface area contributed by atoms with E-state index in [9.17, 15) is 0 Å². The van der Waals surface area contributed by atoms with Crippen LogP contribution < -0.4 is 0 Å². The van der Waals surface area contributed by atoms with Gasteiger partial charge in [0, 0.05) is 4.91 Å². The summed E-state index contributed by atoms with van der Waals surface area (Å²) in [6.45, 7) is 0.0331. The van der Waals surface area contributed by atoms with Gasteiger partial charge in [0.25, 0.3) is 5.89 Å². The van der Waals surface area contributed by atoms with E-state index in [0.29, 0.717) is 10.4 Å². The predicted octanol–water partition coefficient (Wildman–Crippen LogP) is 2.90. The lowest BCUT2D eigenvalue weighted by Gasteiger charge is -1.85. The highest BCUT2D eigenvalue weighted by molar-refractivity contribution is 9.10. The Labute approximate surface area is 91.9 Å². The van der Waals surface area contributed by atoms with Crippen molar-refractivity contribution < 1.29 is 8.83 Å². The molecule has 0 aliphatic heterocycles. The molecule has 2 rings (SSSR count). The fraction of sp³-hybridized carbons (Fsp3) is 0.143. The molecule has 0 N–H and O–H groups in total. The first-order valence-corrected chi connectivity index (χ1v) is 4.68. The number of hydrogen-bond acceptors (Lipinski definition) is 5. The Bertz CT molecular complexity index is 513. The third kappa shape index (κ3) is 2.17. The Balaban J connectivity index is 2.23. The van der Waals surface area contributed by atoms with Gasteiger partial charge in [0.15, 0.2) is 10.4 Å². The first kappa shape index (κ1) is 9.75. The fourth-order valence-electron chi connectivity index (χ4n) is 0.938. The minimum atomic E-state index is 0.0331. The Morgan fingerprint density at radius 1 is 1.40 bits per heavy atom. The van der Waals surface area contributed by atoms with E-state index < -0.39 is 0 Å². The van der Waals surface area contributed by atoms with E-state index >= 15 is 0 Å². The lowest BCUT2D eigenvalue weighted by Crippen LogP contribution is -1.77. The quantitative estimate of drug-likeness (QED) is 0.486. The highest BCUT2D eigenvalue weighted by atomic mass is 79.9. The van der Waals surface area contributed by atoms with Crippen LogP contribution in [0.5, 0.6) is 0 Å². The standard InChI is InChI=1S/C7H4BrN5O2/c8-5-2-1-4(14-5)7-12-11-6(15-7)3-10-13-9/h1-2H,3H2. The molecule has 0 bridgehead atoms. The molecule has 0 fully saturated rings. The van der Waals surface area contributed by atoms with Crippen molar-refractivity contribution in [3.8, 4) is 11.7 Å². The van der Waals surface area contributed by atoms with Gasteiger partial charge >= 0.3 is 0 Å². The highest BCUT2D eigenvalue weighted by Crippen LogP contribution is 2.23. The van der Waals surface area contributed by atoms with Crippen LogP contribution in [0.2, 0.25) is 0 Å². The van der Waals surface area contributed by atoms with Crippen LogP contribution in [-0.4, -0.2) is 10.2 Å². The summed E-state index contributed by atoms with van der Waals surface area (Å²) in [7, 11) is 0. The van der Waals surface area contributed by atoms with Crippen LogP contribution in [0, 0.1) is 0 Å². The van der Waals surface area contributed by atoms with Gasteiger partial charge in [0.2, 0.25) is 5.89 Å². The van der Waals surface area contributed by atoms with Crippen LogP contribution in [-0.2, 0) is 6.54 Å². The number of azide groups is 1. The monoisotopic (exact) mass is 269 g/mol. The van der Waals surface area contributed by atoms with Crippen LogP contribution in [0.4, 0.5) is 0 Å². The van der Waals surface area contributed by atoms with Crippen molar-refractivity contribution in [1.82, 2.24) is 10.2 Å². The molecule has 0 spiro atoms. The van der Waals surface area contributed by atoms with Gasteiger partial charge in [0.1, 0.15) is 6.54 Å². The van der Waals surface area contributed by atoms with Crippen molar-refractivity contribution >= 4 is 15.9 Å². The number of halogens is 1. The molecule has 8 heteroatoms. The molecule has 2 heterocycles. The Morgan fingerprint density at radius 2 is 2.27 bits per heavy atom. The summed E-state index contributed by atoms with van der Waals surface area (Å²) in [5.41, 5.74) is 8.10. The smallest absolute Gasteiger partial charge is 0.283 e. The second-order valence-corrected chi connectivity index (χ2v) is 3.28. The predicted molar refractivity (Wildman–Crippen MR) is 52.6 cm³/mol. The Morgan fingerprint density at radius 3 is 2.93 bits per heavy atom. The zero-order valence-electron chi connectivity index (χ0n) is 7.29. The van der Waals surface area contributed by atoms with Gasteiger partial charge < -0.3 is 8.83 Å². The van der Waals surface area contributed by atoms with Crippen LogP contribution in [0.1, 0.15) is 5.89 Å².